The number of nitrogens with one attached hydrogen (secondary N) is 1. The fraction of sp³-hybridized carbons (Fsp3) is 0. The van der Waals surface area contributed by atoms with Gasteiger partial charge in [-0.2, -0.15) is 5.10 Å². The lowest BCUT2D eigenvalue weighted by Crippen LogP contribution is -1.53. The molecule has 1 N–H and O–H groups in total. The van der Waals surface area contributed by atoms with E-state index < -0.39 is 0 Å². The van der Waals surface area contributed by atoms with Crippen molar-refractivity contribution in [3.63, 3.8) is 0 Å². The van der Waals surface area contributed by atoms with E-state index in [1.54, 1.807) is 0 Å². The average Bonchev–Trinajstić information content (AvgIpc) is 2.19. The van der Waals surface area contributed by atoms with Gasteiger partial charge in [0.25, 0.3) is 0 Å². The van der Waals surface area contributed by atoms with Crippen molar-refractivity contribution in [1.82, 2.24) is 10.2 Å². The number of azide groups is 1. The molecule has 1 heterocycles. The van der Waals surface area contributed by atoms with E-state index in [9.17, 15) is 0 Å². The Kier molecular flexibility index (Phi) is 1.16. The van der Waals surface area contributed by atoms with Crippen LogP contribution >= 0.6 is 0 Å². The fourth-order valence-corrected chi connectivity index (χ4v) is 0.350. The number of hydrogen-bond donors (Lipinski definition) is 1. The first-order chi connectivity index (χ1) is 3.93. The summed E-state index contributed by atoms with van der Waals surface area (Å²) in [6.07, 6.45) is 2.96. The molecule has 0 bridgehead atoms. The summed E-state index contributed by atoms with van der Waals surface area (Å²) in [5.74, 6) is 0. The number of H-pyrrole nitrogens is 1. The maximum Gasteiger partial charge on any atom is 0.0752 e. The SMILES string of the molecule is [N-]=[N+]=Nc1cn[nH]c1. The fourth-order valence-electron chi connectivity index (χ4n) is 0.350. The number of aromatic nitrogens is 2. The van der Waals surface area contributed by atoms with Crippen LogP contribution in [0, 0.1) is 0 Å². The van der Waals surface area contributed by atoms with E-state index in [2.05, 4.69) is 20.2 Å². The summed E-state index contributed by atoms with van der Waals surface area (Å²) in [5, 5.41) is 9.30. The van der Waals surface area contributed by atoms with Crippen molar-refractivity contribution >= 4 is 5.69 Å². The highest BCUT2D eigenvalue weighted by molar-refractivity contribution is 5.28. The summed E-state index contributed by atoms with van der Waals surface area (Å²) in [6, 6.07) is 0. The predicted molar refractivity (Wildman–Crippen MR) is 27.4 cm³/mol. The van der Waals surface area contributed by atoms with Gasteiger partial charge in [-0.1, -0.05) is 5.11 Å². The number of nitrogens with zero attached hydrogens (tertiary/aromatic N) is 4. The van der Waals surface area contributed by atoms with E-state index in [1.165, 1.54) is 12.4 Å². The second kappa shape index (κ2) is 1.99. The summed E-state index contributed by atoms with van der Waals surface area (Å²) >= 11 is 0. The lowest BCUT2D eigenvalue weighted by atomic mass is 10.6. The van der Waals surface area contributed by atoms with Crippen LogP contribution < -0.4 is 0 Å². The molecule has 0 atom stereocenters. The van der Waals surface area contributed by atoms with Crippen molar-refractivity contribution in [2.75, 3.05) is 0 Å². The summed E-state index contributed by atoms with van der Waals surface area (Å²) in [6.45, 7) is 0. The molecule has 1 aromatic heterocycles. The van der Waals surface area contributed by atoms with Crippen LogP contribution in [-0.4, -0.2) is 10.2 Å². The normalized spacial score (nSPS) is 8.00. The Morgan fingerprint density at radius 1 is 1.88 bits per heavy atom. The van der Waals surface area contributed by atoms with Crippen LogP contribution in [0.4, 0.5) is 5.69 Å². The summed E-state index contributed by atoms with van der Waals surface area (Å²) < 4.78 is 0. The van der Waals surface area contributed by atoms with Gasteiger partial charge in [-0.05, 0) is 5.53 Å². The van der Waals surface area contributed by atoms with Crippen molar-refractivity contribution in [3.05, 3.63) is 22.8 Å². The quantitative estimate of drug-likeness (QED) is 0.329. The first-order valence-corrected chi connectivity index (χ1v) is 1.97. The Hall–Kier alpha value is -1.48. The average molecular weight is 109 g/mol. The standard InChI is InChI=1S/C3H3N5/c4-8-7-3-1-5-6-2-3/h1-2H,(H,5,6). The number of hydrogen-bond acceptors (Lipinski definition) is 2. The third-order valence-corrected chi connectivity index (χ3v) is 0.644. The van der Waals surface area contributed by atoms with Crippen LogP contribution in [0.1, 0.15) is 0 Å². The molecular weight excluding hydrogens is 106 g/mol. The Morgan fingerprint density at radius 3 is 3.25 bits per heavy atom. The largest absolute Gasteiger partial charge is 0.285 e. The highest BCUT2D eigenvalue weighted by Crippen LogP contribution is 2.04. The van der Waals surface area contributed by atoms with E-state index in [1.807, 2.05) is 0 Å². The van der Waals surface area contributed by atoms with Gasteiger partial charge in [0.15, 0.2) is 0 Å². The summed E-state index contributed by atoms with van der Waals surface area (Å²) in [5.41, 5.74) is 8.36. The lowest BCUT2D eigenvalue weighted by molar-refractivity contribution is 1.09. The molecule has 0 amide bonds. The molecule has 0 fully saturated rings. The first-order valence-electron chi connectivity index (χ1n) is 1.97. The van der Waals surface area contributed by atoms with Gasteiger partial charge < -0.3 is 0 Å². The van der Waals surface area contributed by atoms with Crippen LogP contribution in [0.5, 0.6) is 0 Å². The molecule has 5 nitrogen and oxygen atoms in total. The van der Waals surface area contributed by atoms with Crippen molar-refractivity contribution in [2.45, 2.75) is 0 Å². The van der Waals surface area contributed by atoms with Crippen LogP contribution in [0.15, 0.2) is 17.5 Å². The zero-order valence-corrected chi connectivity index (χ0v) is 3.94. The summed E-state index contributed by atoms with van der Waals surface area (Å²) in [7, 11) is 0. The molecule has 0 spiro atoms. The molecular formula is C3H3N5. The molecule has 0 radical (unpaired) electrons. The smallest absolute Gasteiger partial charge is 0.0752 e. The first kappa shape index (κ1) is 4.67. The minimum atomic E-state index is 0.507. The van der Waals surface area contributed by atoms with E-state index in [4.69, 9.17) is 5.53 Å². The molecule has 0 aliphatic rings. The van der Waals surface area contributed by atoms with Gasteiger partial charge in [-0.15, -0.1) is 0 Å². The third-order valence-electron chi connectivity index (χ3n) is 0.644. The molecule has 1 rings (SSSR count). The Balaban J connectivity index is 2.93. The van der Waals surface area contributed by atoms with Crippen LogP contribution in [0.2, 0.25) is 0 Å². The molecule has 0 saturated heterocycles. The Bertz CT molecular complexity index is 193. The van der Waals surface area contributed by atoms with Crippen molar-refractivity contribution in [1.29, 1.82) is 0 Å². The van der Waals surface area contributed by atoms with Gasteiger partial charge in [0.05, 0.1) is 11.9 Å². The predicted octanol–water partition coefficient (Wildman–Crippen LogP) is 1.35. The zero-order valence-electron chi connectivity index (χ0n) is 3.94. The molecule has 8 heavy (non-hydrogen) atoms. The van der Waals surface area contributed by atoms with Crippen molar-refractivity contribution < 1.29 is 0 Å². The van der Waals surface area contributed by atoms with Gasteiger partial charge >= 0.3 is 0 Å². The molecule has 0 aliphatic heterocycles. The lowest BCUT2D eigenvalue weighted by Gasteiger charge is -1.67. The third kappa shape index (κ3) is 0.772. The second-order valence-electron chi connectivity index (χ2n) is 1.15. The minimum Gasteiger partial charge on any atom is -0.285 e. The zero-order chi connectivity index (χ0) is 5.82. The summed E-state index contributed by atoms with van der Waals surface area (Å²) in [4.78, 5) is 2.54. The van der Waals surface area contributed by atoms with Crippen molar-refractivity contribution in [2.24, 2.45) is 5.11 Å². The highest BCUT2D eigenvalue weighted by atomic mass is 15.2. The maximum atomic E-state index is 7.85. The number of aromatic amines is 1. The van der Waals surface area contributed by atoms with Crippen LogP contribution in [-0.2, 0) is 0 Å². The van der Waals surface area contributed by atoms with E-state index >= 15 is 0 Å². The van der Waals surface area contributed by atoms with Gasteiger partial charge in [0.2, 0.25) is 0 Å². The molecule has 1 aromatic rings. The van der Waals surface area contributed by atoms with Gasteiger partial charge in [-0.25, -0.2) is 0 Å². The van der Waals surface area contributed by atoms with E-state index in [0.29, 0.717) is 5.69 Å². The Labute approximate surface area is 45.0 Å². The minimum absolute atomic E-state index is 0.507. The number of rotatable bonds is 1. The molecule has 5 heteroatoms. The topological polar surface area (TPSA) is 77.4 Å². The van der Waals surface area contributed by atoms with Crippen LogP contribution in [0.25, 0.3) is 10.4 Å². The molecule has 0 aliphatic carbocycles. The van der Waals surface area contributed by atoms with Gasteiger partial charge in [-0.3, -0.25) is 5.10 Å². The van der Waals surface area contributed by atoms with Gasteiger partial charge in [0, 0.05) is 11.1 Å². The molecule has 0 unspecified atom stereocenters. The second-order valence-corrected chi connectivity index (χ2v) is 1.15. The van der Waals surface area contributed by atoms with Gasteiger partial charge in [0.1, 0.15) is 0 Å². The van der Waals surface area contributed by atoms with Crippen LogP contribution in [0.3, 0.4) is 0 Å². The van der Waals surface area contributed by atoms with Crippen molar-refractivity contribution in [3.8, 4) is 0 Å². The van der Waals surface area contributed by atoms with E-state index in [0.717, 1.165) is 0 Å². The van der Waals surface area contributed by atoms with E-state index in [-0.39, 0.29) is 0 Å². The molecule has 40 valence electrons. The maximum absolute atomic E-state index is 7.85. The Morgan fingerprint density at radius 2 is 2.75 bits per heavy atom. The highest BCUT2D eigenvalue weighted by Gasteiger charge is 1.82. The molecule has 0 saturated carbocycles. The molecule has 0 aromatic carbocycles. The monoisotopic (exact) mass is 109 g/mol.